The number of rotatable bonds is 10. The molecule has 0 aromatic heterocycles. The van der Waals surface area contributed by atoms with Gasteiger partial charge in [0.05, 0.1) is 12.2 Å². The molecule has 0 aliphatic carbocycles. The number of hydrogen-bond donors (Lipinski definition) is 1. The average molecular weight is 383 g/mol. The Morgan fingerprint density at radius 3 is 2.39 bits per heavy atom. The van der Waals surface area contributed by atoms with E-state index < -0.39 is 18.5 Å². The first-order chi connectivity index (χ1) is 13.5. The van der Waals surface area contributed by atoms with Gasteiger partial charge < -0.3 is 14.8 Å². The molecule has 2 aromatic carbocycles. The summed E-state index contributed by atoms with van der Waals surface area (Å²) < 4.78 is 10.6. The number of ether oxygens (including phenoxy) is 2. The van der Waals surface area contributed by atoms with Gasteiger partial charge in [-0.1, -0.05) is 31.9 Å². The van der Waals surface area contributed by atoms with Crippen molar-refractivity contribution >= 4 is 23.3 Å². The lowest BCUT2D eigenvalue weighted by atomic mass is 10.1. The van der Waals surface area contributed by atoms with E-state index in [0.717, 1.165) is 19.3 Å². The molecule has 0 saturated carbocycles. The molecule has 28 heavy (non-hydrogen) atoms. The number of esters is 1. The Morgan fingerprint density at radius 1 is 0.964 bits per heavy atom. The zero-order chi connectivity index (χ0) is 20.4. The van der Waals surface area contributed by atoms with Gasteiger partial charge in [0.1, 0.15) is 5.75 Å². The van der Waals surface area contributed by atoms with E-state index in [9.17, 15) is 14.4 Å². The molecular weight excluding hydrogens is 358 g/mol. The van der Waals surface area contributed by atoms with Crippen molar-refractivity contribution in [3.8, 4) is 5.75 Å². The van der Waals surface area contributed by atoms with Crippen molar-refractivity contribution in [3.05, 3.63) is 59.7 Å². The molecule has 6 nitrogen and oxygen atoms in total. The molecule has 148 valence electrons. The van der Waals surface area contributed by atoms with Crippen LogP contribution >= 0.6 is 0 Å². The predicted molar refractivity (Wildman–Crippen MR) is 107 cm³/mol. The molecule has 0 fully saturated rings. The molecule has 0 bridgehead atoms. The van der Waals surface area contributed by atoms with E-state index in [2.05, 4.69) is 12.2 Å². The van der Waals surface area contributed by atoms with E-state index >= 15 is 0 Å². The summed E-state index contributed by atoms with van der Waals surface area (Å²) in [6.45, 7) is 3.80. The highest BCUT2D eigenvalue weighted by molar-refractivity contribution is 5.98. The minimum atomic E-state index is -0.592. The van der Waals surface area contributed by atoms with Crippen molar-refractivity contribution in [1.82, 2.24) is 0 Å². The quantitative estimate of drug-likeness (QED) is 0.377. The third kappa shape index (κ3) is 6.87. The Balaban J connectivity index is 1.80. The van der Waals surface area contributed by atoms with Crippen molar-refractivity contribution in [2.75, 3.05) is 18.5 Å². The Hall–Kier alpha value is -3.15. The highest BCUT2D eigenvalue weighted by atomic mass is 16.5. The van der Waals surface area contributed by atoms with Crippen LogP contribution in [0.4, 0.5) is 5.69 Å². The van der Waals surface area contributed by atoms with Crippen LogP contribution in [0.2, 0.25) is 0 Å². The first-order valence-electron chi connectivity index (χ1n) is 9.30. The fraction of sp³-hybridized carbons (Fsp3) is 0.318. The maximum absolute atomic E-state index is 12.1. The first kappa shape index (κ1) is 21.2. The smallest absolute Gasteiger partial charge is 0.338 e. The van der Waals surface area contributed by atoms with Gasteiger partial charge in [-0.05, 0) is 49.7 Å². The van der Waals surface area contributed by atoms with E-state index in [1.807, 2.05) is 0 Å². The van der Waals surface area contributed by atoms with Crippen LogP contribution in [0.5, 0.6) is 5.75 Å². The number of hydrogen-bond acceptors (Lipinski definition) is 5. The van der Waals surface area contributed by atoms with E-state index in [4.69, 9.17) is 9.47 Å². The van der Waals surface area contributed by atoms with Gasteiger partial charge in [-0.25, -0.2) is 4.79 Å². The van der Waals surface area contributed by atoms with Crippen LogP contribution in [0.25, 0.3) is 0 Å². The van der Waals surface area contributed by atoms with Crippen LogP contribution in [0.1, 0.15) is 53.8 Å². The van der Waals surface area contributed by atoms with E-state index in [-0.39, 0.29) is 5.78 Å². The largest absolute Gasteiger partial charge is 0.494 e. The minimum Gasteiger partial charge on any atom is -0.494 e. The highest BCUT2D eigenvalue weighted by Gasteiger charge is 2.11. The van der Waals surface area contributed by atoms with Crippen LogP contribution in [-0.4, -0.2) is 30.9 Å². The topological polar surface area (TPSA) is 81.7 Å². The number of benzene rings is 2. The van der Waals surface area contributed by atoms with Crippen molar-refractivity contribution in [3.63, 3.8) is 0 Å². The lowest BCUT2D eigenvalue weighted by molar-refractivity contribution is -0.119. The summed E-state index contributed by atoms with van der Waals surface area (Å²) in [5.74, 6) is -0.480. The SMILES string of the molecule is CCCCCOc1ccc(C(=O)OCC(=O)Nc2cccc(C(C)=O)c2)cc1. The maximum atomic E-state index is 12.1. The van der Waals surface area contributed by atoms with Gasteiger partial charge in [-0.3, -0.25) is 9.59 Å². The number of carbonyl (C=O) groups is 3. The van der Waals surface area contributed by atoms with Gasteiger partial charge in [0.15, 0.2) is 12.4 Å². The molecule has 1 amide bonds. The summed E-state index contributed by atoms with van der Waals surface area (Å²) in [5, 5.41) is 2.60. The maximum Gasteiger partial charge on any atom is 0.338 e. The molecular formula is C22H25NO5. The van der Waals surface area contributed by atoms with Crippen LogP contribution in [0, 0.1) is 0 Å². The van der Waals surface area contributed by atoms with Gasteiger partial charge in [-0.2, -0.15) is 0 Å². The minimum absolute atomic E-state index is 0.0969. The van der Waals surface area contributed by atoms with Crippen LogP contribution in [-0.2, 0) is 9.53 Å². The Bertz CT molecular complexity index is 814. The Labute approximate surface area is 164 Å². The molecule has 0 radical (unpaired) electrons. The lowest BCUT2D eigenvalue weighted by Gasteiger charge is -2.08. The molecule has 0 atom stereocenters. The second-order valence-electron chi connectivity index (χ2n) is 6.34. The Kier molecular flexibility index (Phi) is 8.21. The molecule has 0 aliphatic rings. The third-order valence-electron chi connectivity index (χ3n) is 3.99. The van der Waals surface area contributed by atoms with Crippen LogP contribution in [0.3, 0.4) is 0 Å². The standard InChI is InChI=1S/C22H25NO5/c1-3-4-5-13-27-20-11-9-17(10-12-20)22(26)28-15-21(25)23-19-8-6-7-18(14-19)16(2)24/h6-12,14H,3-5,13,15H2,1-2H3,(H,23,25). The molecule has 1 N–H and O–H groups in total. The molecule has 2 rings (SSSR count). The summed E-state index contributed by atoms with van der Waals surface area (Å²) in [6.07, 6.45) is 3.24. The van der Waals surface area contributed by atoms with Crippen molar-refractivity contribution in [2.24, 2.45) is 0 Å². The van der Waals surface area contributed by atoms with Gasteiger partial charge in [0.2, 0.25) is 0 Å². The molecule has 0 unspecified atom stereocenters. The van der Waals surface area contributed by atoms with Gasteiger partial charge in [0.25, 0.3) is 5.91 Å². The zero-order valence-corrected chi connectivity index (χ0v) is 16.2. The summed E-state index contributed by atoms with van der Waals surface area (Å²) in [5.41, 5.74) is 1.30. The molecule has 0 saturated heterocycles. The molecule has 0 aliphatic heterocycles. The van der Waals surface area contributed by atoms with E-state index in [0.29, 0.717) is 29.2 Å². The summed E-state index contributed by atoms with van der Waals surface area (Å²) in [4.78, 5) is 35.4. The van der Waals surface area contributed by atoms with E-state index in [1.54, 1.807) is 48.5 Å². The normalized spacial score (nSPS) is 10.2. The van der Waals surface area contributed by atoms with Crippen LogP contribution < -0.4 is 10.1 Å². The number of anilines is 1. The van der Waals surface area contributed by atoms with Crippen molar-refractivity contribution in [1.29, 1.82) is 0 Å². The number of amides is 1. The lowest BCUT2D eigenvalue weighted by Crippen LogP contribution is -2.21. The molecule has 0 spiro atoms. The number of nitrogens with one attached hydrogen (secondary N) is 1. The van der Waals surface area contributed by atoms with Gasteiger partial charge in [0, 0.05) is 11.3 Å². The van der Waals surface area contributed by atoms with Crippen molar-refractivity contribution < 1.29 is 23.9 Å². The number of Topliss-reactive ketones (excluding diaryl/α,β-unsaturated/α-hetero) is 1. The number of unbranched alkanes of at least 4 members (excludes halogenated alkanes) is 2. The third-order valence-corrected chi connectivity index (χ3v) is 3.99. The van der Waals surface area contributed by atoms with E-state index in [1.165, 1.54) is 6.92 Å². The van der Waals surface area contributed by atoms with Gasteiger partial charge >= 0.3 is 5.97 Å². The fourth-order valence-electron chi connectivity index (χ4n) is 2.46. The Morgan fingerprint density at radius 2 is 1.71 bits per heavy atom. The molecule has 6 heteroatoms. The van der Waals surface area contributed by atoms with Gasteiger partial charge in [-0.15, -0.1) is 0 Å². The monoisotopic (exact) mass is 383 g/mol. The fourth-order valence-corrected chi connectivity index (χ4v) is 2.46. The summed E-state index contributed by atoms with van der Waals surface area (Å²) in [7, 11) is 0. The average Bonchev–Trinajstić information content (AvgIpc) is 2.70. The van der Waals surface area contributed by atoms with Crippen molar-refractivity contribution in [2.45, 2.75) is 33.1 Å². The molecule has 2 aromatic rings. The second-order valence-corrected chi connectivity index (χ2v) is 6.34. The highest BCUT2D eigenvalue weighted by Crippen LogP contribution is 2.14. The number of carbonyl (C=O) groups excluding carboxylic acids is 3. The summed E-state index contributed by atoms with van der Waals surface area (Å²) in [6, 6.07) is 13.2. The first-order valence-corrected chi connectivity index (χ1v) is 9.30. The zero-order valence-electron chi connectivity index (χ0n) is 16.2. The van der Waals surface area contributed by atoms with Crippen LogP contribution in [0.15, 0.2) is 48.5 Å². The predicted octanol–water partition coefficient (Wildman–Crippen LogP) is 4.25. The second kappa shape index (κ2) is 10.9. The molecule has 0 heterocycles. The summed E-state index contributed by atoms with van der Waals surface area (Å²) >= 11 is 0. The number of ketones is 1.